The van der Waals surface area contributed by atoms with E-state index in [1.165, 1.54) is 0 Å². The van der Waals surface area contributed by atoms with Crippen LogP contribution in [0.1, 0.15) is 31.1 Å². The number of benzene rings is 1. The Labute approximate surface area is 139 Å². The van der Waals surface area contributed by atoms with Crippen molar-refractivity contribution >= 4 is 27.9 Å². The van der Waals surface area contributed by atoms with Crippen molar-refractivity contribution < 1.29 is 9.59 Å². The Bertz CT molecular complexity index is 561. The largest absolute Gasteiger partial charge is 0.335 e. The molecule has 0 atom stereocenters. The van der Waals surface area contributed by atoms with Crippen LogP contribution in [0.5, 0.6) is 0 Å². The minimum absolute atomic E-state index is 0.00311. The number of carbonyl (C=O) groups excluding carboxylic acids is 2. The van der Waals surface area contributed by atoms with Crippen molar-refractivity contribution in [3.8, 4) is 0 Å². The Hall–Kier alpha value is -1.56. The zero-order valence-electron chi connectivity index (χ0n) is 13.2. The molecule has 0 saturated carbocycles. The summed E-state index contributed by atoms with van der Waals surface area (Å²) in [6.45, 7) is 8.08. The van der Waals surface area contributed by atoms with Gasteiger partial charge in [0.2, 0.25) is 0 Å². The molecule has 0 aromatic heterocycles. The van der Waals surface area contributed by atoms with Gasteiger partial charge in [-0.25, -0.2) is 4.79 Å². The van der Waals surface area contributed by atoms with Crippen molar-refractivity contribution in [2.75, 3.05) is 26.2 Å². The lowest BCUT2D eigenvalue weighted by Gasteiger charge is -2.36. The van der Waals surface area contributed by atoms with Gasteiger partial charge in [0.25, 0.3) is 5.91 Å². The molecule has 1 aliphatic heterocycles. The number of carbonyl (C=O) groups is 2. The number of nitrogens with zero attached hydrogens (tertiary/aromatic N) is 2. The second-order valence-electron chi connectivity index (χ2n) is 6.44. The molecule has 1 fully saturated rings. The van der Waals surface area contributed by atoms with Crippen LogP contribution in [0.3, 0.4) is 0 Å². The predicted octanol–water partition coefficient (Wildman–Crippen LogP) is 2.72. The van der Waals surface area contributed by atoms with Crippen LogP contribution < -0.4 is 5.32 Å². The van der Waals surface area contributed by atoms with E-state index in [1.54, 1.807) is 9.80 Å². The fourth-order valence-corrected chi connectivity index (χ4v) is 2.77. The van der Waals surface area contributed by atoms with Gasteiger partial charge in [-0.15, -0.1) is 0 Å². The van der Waals surface area contributed by atoms with Crippen LogP contribution in [0.15, 0.2) is 28.7 Å². The summed E-state index contributed by atoms with van der Waals surface area (Å²) in [4.78, 5) is 28.2. The second kappa shape index (κ2) is 6.69. The first-order chi connectivity index (χ1) is 10.3. The first-order valence-corrected chi connectivity index (χ1v) is 8.18. The van der Waals surface area contributed by atoms with Gasteiger partial charge in [0, 0.05) is 36.2 Å². The fraction of sp³-hybridized carbons (Fsp3) is 0.500. The van der Waals surface area contributed by atoms with E-state index in [2.05, 4.69) is 21.2 Å². The lowest BCUT2D eigenvalue weighted by Crippen LogP contribution is -2.56. The van der Waals surface area contributed by atoms with Gasteiger partial charge >= 0.3 is 6.03 Å². The summed E-state index contributed by atoms with van der Waals surface area (Å²) in [7, 11) is 0. The summed E-state index contributed by atoms with van der Waals surface area (Å²) in [5.41, 5.74) is 0.411. The number of halogens is 1. The van der Waals surface area contributed by atoms with Crippen molar-refractivity contribution in [2.24, 2.45) is 0 Å². The smallest absolute Gasteiger partial charge is 0.317 e. The van der Waals surface area contributed by atoms with Crippen molar-refractivity contribution in [1.29, 1.82) is 0 Å². The van der Waals surface area contributed by atoms with Crippen LogP contribution in [0.25, 0.3) is 0 Å². The van der Waals surface area contributed by atoms with Crippen molar-refractivity contribution in [3.63, 3.8) is 0 Å². The number of amides is 3. The molecule has 0 unspecified atom stereocenters. The van der Waals surface area contributed by atoms with E-state index in [1.807, 2.05) is 45.0 Å². The fourth-order valence-electron chi connectivity index (χ4n) is 2.32. The van der Waals surface area contributed by atoms with Gasteiger partial charge in [0.05, 0.1) is 5.56 Å². The number of piperazine rings is 1. The average Bonchev–Trinajstić information content (AvgIpc) is 2.45. The highest BCUT2D eigenvalue weighted by atomic mass is 79.9. The molecule has 120 valence electrons. The number of urea groups is 1. The van der Waals surface area contributed by atoms with Crippen molar-refractivity contribution in [3.05, 3.63) is 34.3 Å². The third-order valence-electron chi connectivity index (χ3n) is 3.44. The standard InChI is InChI=1S/C16H22BrN3O2/c1-16(2,3)18-15(22)20-10-8-19(9-11-20)14(21)12-6-4-5-7-13(12)17/h4-7H,8-11H2,1-3H3,(H,18,22). The quantitative estimate of drug-likeness (QED) is 0.829. The molecule has 0 bridgehead atoms. The Morgan fingerprint density at radius 2 is 1.59 bits per heavy atom. The number of nitrogens with one attached hydrogen (secondary N) is 1. The van der Waals surface area contributed by atoms with Crippen LogP contribution in [0, 0.1) is 0 Å². The molecule has 0 aliphatic carbocycles. The molecule has 5 nitrogen and oxygen atoms in total. The molecule has 1 heterocycles. The number of rotatable bonds is 1. The minimum Gasteiger partial charge on any atom is -0.335 e. The third kappa shape index (κ3) is 4.22. The molecule has 1 aromatic rings. The first-order valence-electron chi connectivity index (χ1n) is 7.39. The Morgan fingerprint density at radius 3 is 2.14 bits per heavy atom. The molecule has 0 radical (unpaired) electrons. The molecule has 0 spiro atoms. The van der Waals surface area contributed by atoms with Crippen LogP contribution in [0.4, 0.5) is 4.79 Å². The lowest BCUT2D eigenvalue weighted by atomic mass is 10.1. The van der Waals surface area contributed by atoms with Gasteiger partial charge in [0.1, 0.15) is 0 Å². The molecule has 3 amide bonds. The molecule has 1 saturated heterocycles. The van der Waals surface area contributed by atoms with E-state index in [-0.39, 0.29) is 17.5 Å². The second-order valence-corrected chi connectivity index (χ2v) is 7.29. The normalized spacial score (nSPS) is 15.6. The minimum atomic E-state index is -0.251. The zero-order chi connectivity index (χ0) is 16.3. The SMILES string of the molecule is CC(C)(C)NC(=O)N1CCN(C(=O)c2ccccc2Br)CC1. The van der Waals surface area contributed by atoms with E-state index in [0.29, 0.717) is 31.7 Å². The average molecular weight is 368 g/mol. The maximum Gasteiger partial charge on any atom is 0.317 e. The Kier molecular flexibility index (Phi) is 5.11. The van der Waals surface area contributed by atoms with Gasteiger partial charge in [-0.3, -0.25) is 4.79 Å². The van der Waals surface area contributed by atoms with E-state index < -0.39 is 0 Å². The maximum atomic E-state index is 12.5. The summed E-state index contributed by atoms with van der Waals surface area (Å²) < 4.78 is 0.799. The molecule has 2 rings (SSSR count). The molecular formula is C16H22BrN3O2. The molecule has 1 N–H and O–H groups in total. The summed E-state index contributed by atoms with van der Waals surface area (Å²) in [6, 6.07) is 7.34. The highest BCUT2D eigenvalue weighted by Gasteiger charge is 2.27. The monoisotopic (exact) mass is 367 g/mol. The lowest BCUT2D eigenvalue weighted by molar-refractivity contribution is 0.0660. The van der Waals surface area contributed by atoms with Gasteiger partial charge in [-0.05, 0) is 48.8 Å². The summed E-state index contributed by atoms with van der Waals surface area (Å²) in [6.07, 6.45) is 0. The van der Waals surface area contributed by atoms with Crippen LogP contribution >= 0.6 is 15.9 Å². The van der Waals surface area contributed by atoms with Gasteiger partial charge in [0.15, 0.2) is 0 Å². The van der Waals surface area contributed by atoms with Gasteiger partial charge < -0.3 is 15.1 Å². The van der Waals surface area contributed by atoms with Gasteiger partial charge in [-0.2, -0.15) is 0 Å². The predicted molar refractivity (Wildman–Crippen MR) is 89.9 cm³/mol. The highest BCUT2D eigenvalue weighted by Crippen LogP contribution is 2.18. The van der Waals surface area contributed by atoms with Crippen LogP contribution in [-0.2, 0) is 0 Å². The van der Waals surface area contributed by atoms with Gasteiger partial charge in [-0.1, -0.05) is 12.1 Å². The Balaban J connectivity index is 1.94. The molecule has 22 heavy (non-hydrogen) atoms. The van der Waals surface area contributed by atoms with Crippen molar-refractivity contribution in [2.45, 2.75) is 26.3 Å². The van der Waals surface area contributed by atoms with E-state index in [4.69, 9.17) is 0 Å². The summed E-state index contributed by atoms with van der Waals surface area (Å²) in [5.74, 6) is 0.00311. The highest BCUT2D eigenvalue weighted by molar-refractivity contribution is 9.10. The van der Waals surface area contributed by atoms with Crippen LogP contribution in [0.2, 0.25) is 0 Å². The molecule has 1 aromatic carbocycles. The maximum absolute atomic E-state index is 12.5. The topological polar surface area (TPSA) is 52.7 Å². The first kappa shape index (κ1) is 16.8. The number of hydrogen-bond donors (Lipinski definition) is 1. The zero-order valence-corrected chi connectivity index (χ0v) is 14.8. The molecule has 1 aliphatic rings. The summed E-state index contributed by atoms with van der Waals surface area (Å²) in [5, 5.41) is 2.95. The van der Waals surface area contributed by atoms with E-state index in [9.17, 15) is 9.59 Å². The Morgan fingerprint density at radius 1 is 1.05 bits per heavy atom. The third-order valence-corrected chi connectivity index (χ3v) is 4.13. The van der Waals surface area contributed by atoms with E-state index >= 15 is 0 Å². The molecule has 6 heteroatoms. The van der Waals surface area contributed by atoms with Crippen LogP contribution in [-0.4, -0.2) is 53.5 Å². The van der Waals surface area contributed by atoms with E-state index in [0.717, 1.165) is 4.47 Å². The van der Waals surface area contributed by atoms with Crippen molar-refractivity contribution in [1.82, 2.24) is 15.1 Å². The molecular weight excluding hydrogens is 346 g/mol. The summed E-state index contributed by atoms with van der Waals surface area (Å²) >= 11 is 3.41. The number of hydrogen-bond acceptors (Lipinski definition) is 2.